The van der Waals surface area contributed by atoms with Gasteiger partial charge in [0.1, 0.15) is 0 Å². The van der Waals surface area contributed by atoms with E-state index in [4.69, 9.17) is 16.3 Å². The summed E-state index contributed by atoms with van der Waals surface area (Å²) in [6.07, 6.45) is 5.81. The van der Waals surface area contributed by atoms with Crippen molar-refractivity contribution >= 4 is 17.4 Å². The summed E-state index contributed by atoms with van der Waals surface area (Å²) in [5.41, 5.74) is 2.14. The molecule has 124 valence electrons. The van der Waals surface area contributed by atoms with Crippen molar-refractivity contribution in [3.05, 3.63) is 65.2 Å². The van der Waals surface area contributed by atoms with Crippen LogP contribution in [0.2, 0.25) is 5.02 Å². The second-order valence-electron chi connectivity index (χ2n) is 6.21. The SMILES string of the molecule is C[C@H]1CO[C@H](c2cccc(Cl)c2)CN1Cc1cn2cccnc2n1. The standard InChI is InChI=1S/C18H19ClN4O/c1-13-12-24-17(14-4-2-5-15(19)8-14)11-23(13)10-16-9-22-7-3-6-20-18(22)21-16/h2-9,13,17H,10-12H2,1H3/t13-,17-/m0/s1. The molecule has 3 heterocycles. The zero-order valence-electron chi connectivity index (χ0n) is 13.5. The Hall–Kier alpha value is -1.95. The van der Waals surface area contributed by atoms with Gasteiger partial charge in [-0.15, -0.1) is 0 Å². The van der Waals surface area contributed by atoms with Crippen molar-refractivity contribution in [2.24, 2.45) is 0 Å². The molecule has 0 amide bonds. The molecule has 0 spiro atoms. The fraction of sp³-hybridized carbons (Fsp3) is 0.333. The van der Waals surface area contributed by atoms with Gasteiger partial charge < -0.3 is 4.74 Å². The monoisotopic (exact) mass is 342 g/mol. The molecule has 1 saturated heterocycles. The van der Waals surface area contributed by atoms with Crippen molar-refractivity contribution in [1.29, 1.82) is 0 Å². The topological polar surface area (TPSA) is 42.7 Å². The average Bonchev–Trinajstić information content (AvgIpc) is 2.99. The van der Waals surface area contributed by atoms with Crippen LogP contribution in [0, 0.1) is 0 Å². The maximum Gasteiger partial charge on any atom is 0.233 e. The lowest BCUT2D eigenvalue weighted by molar-refractivity contribution is -0.0636. The number of morpholine rings is 1. The summed E-state index contributed by atoms with van der Waals surface area (Å²) >= 11 is 6.12. The second kappa shape index (κ2) is 6.51. The Morgan fingerprint density at radius 2 is 2.25 bits per heavy atom. The molecule has 4 rings (SSSR count). The summed E-state index contributed by atoms with van der Waals surface area (Å²) < 4.78 is 7.97. The summed E-state index contributed by atoms with van der Waals surface area (Å²) in [4.78, 5) is 11.3. The minimum atomic E-state index is 0.0371. The summed E-state index contributed by atoms with van der Waals surface area (Å²) in [6, 6.07) is 10.2. The molecule has 0 unspecified atom stereocenters. The van der Waals surface area contributed by atoms with Gasteiger partial charge in [-0.05, 0) is 30.7 Å². The number of imidazole rings is 1. The number of ether oxygens (including phenoxy) is 1. The van der Waals surface area contributed by atoms with Crippen LogP contribution in [0.3, 0.4) is 0 Å². The van der Waals surface area contributed by atoms with Crippen LogP contribution >= 0.6 is 11.6 Å². The Balaban J connectivity index is 1.53. The molecule has 1 aromatic carbocycles. The predicted octanol–water partition coefficient (Wildman–Crippen LogP) is 3.34. The van der Waals surface area contributed by atoms with Gasteiger partial charge in [-0.25, -0.2) is 9.97 Å². The van der Waals surface area contributed by atoms with Crippen LogP contribution in [0.5, 0.6) is 0 Å². The molecule has 0 bridgehead atoms. The van der Waals surface area contributed by atoms with Crippen molar-refractivity contribution in [2.45, 2.75) is 25.6 Å². The number of rotatable bonds is 3. The van der Waals surface area contributed by atoms with Gasteiger partial charge >= 0.3 is 0 Å². The number of halogens is 1. The molecular formula is C18H19ClN4O. The fourth-order valence-electron chi connectivity index (χ4n) is 3.10. The second-order valence-corrected chi connectivity index (χ2v) is 6.65. The molecule has 1 fully saturated rings. The molecule has 0 radical (unpaired) electrons. The first kappa shape index (κ1) is 15.6. The Morgan fingerprint density at radius 1 is 1.33 bits per heavy atom. The minimum Gasteiger partial charge on any atom is -0.371 e. The first-order valence-electron chi connectivity index (χ1n) is 8.09. The predicted molar refractivity (Wildman–Crippen MR) is 93.0 cm³/mol. The maximum atomic E-state index is 6.12. The van der Waals surface area contributed by atoms with Gasteiger partial charge in [0.2, 0.25) is 5.78 Å². The van der Waals surface area contributed by atoms with E-state index in [-0.39, 0.29) is 6.10 Å². The molecule has 24 heavy (non-hydrogen) atoms. The van der Waals surface area contributed by atoms with Crippen molar-refractivity contribution in [1.82, 2.24) is 19.3 Å². The Bertz CT molecular complexity index is 817. The number of hydrogen-bond acceptors (Lipinski definition) is 4. The quantitative estimate of drug-likeness (QED) is 0.732. The smallest absolute Gasteiger partial charge is 0.233 e. The number of fused-ring (bicyclic) bond motifs is 1. The third-order valence-corrected chi connectivity index (χ3v) is 4.67. The number of hydrogen-bond donors (Lipinski definition) is 0. The summed E-state index contributed by atoms with van der Waals surface area (Å²) in [5, 5.41) is 0.743. The normalized spacial score (nSPS) is 22.1. The zero-order valence-corrected chi connectivity index (χ0v) is 14.2. The molecular weight excluding hydrogens is 324 g/mol. The van der Waals surface area contributed by atoms with Gasteiger partial charge in [0, 0.05) is 42.7 Å². The highest BCUT2D eigenvalue weighted by Gasteiger charge is 2.27. The average molecular weight is 343 g/mol. The van der Waals surface area contributed by atoms with Gasteiger partial charge in [-0.1, -0.05) is 23.7 Å². The van der Waals surface area contributed by atoms with Crippen LogP contribution in [0.25, 0.3) is 5.78 Å². The van der Waals surface area contributed by atoms with E-state index in [0.29, 0.717) is 12.6 Å². The van der Waals surface area contributed by atoms with E-state index < -0.39 is 0 Å². The van der Waals surface area contributed by atoms with E-state index in [1.165, 1.54) is 0 Å². The van der Waals surface area contributed by atoms with Gasteiger partial charge in [-0.2, -0.15) is 0 Å². The molecule has 0 aliphatic carbocycles. The van der Waals surface area contributed by atoms with Crippen molar-refractivity contribution in [2.75, 3.05) is 13.2 Å². The lowest BCUT2D eigenvalue weighted by atomic mass is 10.1. The highest BCUT2D eigenvalue weighted by Crippen LogP contribution is 2.27. The van der Waals surface area contributed by atoms with Crippen molar-refractivity contribution in [3.8, 4) is 0 Å². The Labute approximate surface area is 145 Å². The summed E-state index contributed by atoms with van der Waals surface area (Å²) in [7, 11) is 0. The van der Waals surface area contributed by atoms with Crippen LogP contribution in [0.4, 0.5) is 0 Å². The summed E-state index contributed by atoms with van der Waals surface area (Å²) in [6.45, 7) is 4.48. The fourth-order valence-corrected chi connectivity index (χ4v) is 3.30. The van der Waals surface area contributed by atoms with Crippen molar-refractivity contribution < 1.29 is 4.74 Å². The van der Waals surface area contributed by atoms with Crippen LogP contribution in [0.1, 0.15) is 24.3 Å². The van der Waals surface area contributed by atoms with E-state index in [0.717, 1.165) is 35.1 Å². The Morgan fingerprint density at radius 3 is 3.08 bits per heavy atom. The number of aromatic nitrogens is 3. The van der Waals surface area contributed by atoms with Gasteiger partial charge in [0.05, 0.1) is 18.4 Å². The van der Waals surface area contributed by atoms with E-state index in [2.05, 4.69) is 27.9 Å². The van der Waals surface area contributed by atoms with Gasteiger partial charge in [0.15, 0.2) is 0 Å². The maximum absolute atomic E-state index is 6.12. The first-order chi connectivity index (χ1) is 11.7. The highest BCUT2D eigenvalue weighted by molar-refractivity contribution is 6.30. The molecule has 0 N–H and O–H groups in total. The number of benzene rings is 1. The van der Waals surface area contributed by atoms with Gasteiger partial charge in [0.25, 0.3) is 0 Å². The van der Waals surface area contributed by atoms with Crippen LogP contribution in [-0.2, 0) is 11.3 Å². The Kier molecular flexibility index (Phi) is 4.22. The molecule has 2 atom stereocenters. The molecule has 1 aliphatic rings. The van der Waals surface area contributed by atoms with E-state index in [1.54, 1.807) is 6.20 Å². The third-order valence-electron chi connectivity index (χ3n) is 4.43. The van der Waals surface area contributed by atoms with Gasteiger partial charge in [-0.3, -0.25) is 9.30 Å². The third kappa shape index (κ3) is 3.15. The molecule has 2 aromatic heterocycles. The molecule has 3 aromatic rings. The van der Waals surface area contributed by atoms with E-state index >= 15 is 0 Å². The van der Waals surface area contributed by atoms with Crippen LogP contribution in [0.15, 0.2) is 48.9 Å². The molecule has 1 aliphatic heterocycles. The molecule has 0 saturated carbocycles. The lowest BCUT2D eigenvalue weighted by Gasteiger charge is -2.37. The van der Waals surface area contributed by atoms with Crippen LogP contribution in [-0.4, -0.2) is 38.5 Å². The van der Waals surface area contributed by atoms with Crippen LogP contribution < -0.4 is 0 Å². The lowest BCUT2D eigenvalue weighted by Crippen LogP contribution is -2.44. The van der Waals surface area contributed by atoms with E-state index in [9.17, 15) is 0 Å². The molecule has 5 nitrogen and oxygen atoms in total. The first-order valence-corrected chi connectivity index (χ1v) is 8.46. The highest BCUT2D eigenvalue weighted by atomic mass is 35.5. The largest absolute Gasteiger partial charge is 0.371 e. The zero-order chi connectivity index (χ0) is 16.5. The molecule has 6 heteroatoms. The van der Waals surface area contributed by atoms with Crippen molar-refractivity contribution in [3.63, 3.8) is 0 Å². The summed E-state index contributed by atoms with van der Waals surface area (Å²) in [5.74, 6) is 0.736. The minimum absolute atomic E-state index is 0.0371. The number of nitrogens with zero attached hydrogens (tertiary/aromatic N) is 4. The van der Waals surface area contributed by atoms with E-state index in [1.807, 2.05) is 41.1 Å².